The van der Waals surface area contributed by atoms with E-state index >= 15 is 0 Å². The number of furan rings is 1. The molecule has 7 heteroatoms. The largest absolute Gasteiger partial charge is 0.467 e. The first-order valence-electron chi connectivity index (χ1n) is 7.96. The van der Waals surface area contributed by atoms with Gasteiger partial charge in [0, 0.05) is 11.8 Å². The lowest BCUT2D eigenvalue weighted by molar-refractivity contribution is 0.502. The number of nitrogens with zero attached hydrogens (tertiary/aromatic N) is 3. The molecular formula is C18H17N5O2. The molecule has 0 saturated carbocycles. The number of hydrogen-bond acceptors (Lipinski definition) is 4. The van der Waals surface area contributed by atoms with E-state index in [2.05, 4.69) is 20.6 Å². The summed E-state index contributed by atoms with van der Waals surface area (Å²) in [5.74, 6) is 1.77. The summed E-state index contributed by atoms with van der Waals surface area (Å²) < 4.78 is 6.90. The van der Waals surface area contributed by atoms with Crippen LogP contribution in [0.2, 0.25) is 0 Å². The standard InChI is InChI=1S/C18H17N5O2/c1-12-10-15(24)23-16(13-6-3-2-4-7-13)21-17(22-18(23)20-12)19-11-14-8-5-9-25-14/h2-10,16H,11H2,1H3,(H2,19,20,21,22). The monoisotopic (exact) mass is 335 g/mol. The molecule has 4 rings (SSSR count). The van der Waals surface area contributed by atoms with Crippen molar-refractivity contribution in [2.24, 2.45) is 4.99 Å². The minimum atomic E-state index is -0.381. The van der Waals surface area contributed by atoms with Gasteiger partial charge in [0.2, 0.25) is 5.95 Å². The fraction of sp³-hybridized carbons (Fsp3) is 0.167. The second kappa shape index (κ2) is 6.27. The summed E-state index contributed by atoms with van der Waals surface area (Å²) in [4.78, 5) is 21.5. The number of guanidine groups is 1. The molecule has 3 aromatic rings. The highest BCUT2D eigenvalue weighted by Crippen LogP contribution is 2.21. The zero-order valence-electron chi connectivity index (χ0n) is 13.6. The molecule has 1 atom stereocenters. The van der Waals surface area contributed by atoms with Crippen LogP contribution in [0.5, 0.6) is 0 Å². The number of anilines is 1. The summed E-state index contributed by atoms with van der Waals surface area (Å²) in [7, 11) is 0. The van der Waals surface area contributed by atoms with Crippen LogP contribution in [0.3, 0.4) is 0 Å². The van der Waals surface area contributed by atoms with E-state index in [-0.39, 0.29) is 11.7 Å². The molecule has 0 spiro atoms. The number of rotatable bonds is 3. The highest BCUT2D eigenvalue weighted by Gasteiger charge is 2.26. The fourth-order valence-corrected chi connectivity index (χ4v) is 2.79. The van der Waals surface area contributed by atoms with E-state index in [1.54, 1.807) is 17.8 Å². The summed E-state index contributed by atoms with van der Waals surface area (Å²) >= 11 is 0. The van der Waals surface area contributed by atoms with Gasteiger partial charge in [-0.15, -0.1) is 0 Å². The minimum absolute atomic E-state index is 0.124. The van der Waals surface area contributed by atoms with E-state index in [1.165, 1.54) is 6.07 Å². The lowest BCUT2D eigenvalue weighted by Crippen LogP contribution is -2.48. The molecule has 3 heterocycles. The molecule has 1 aliphatic heterocycles. The van der Waals surface area contributed by atoms with Gasteiger partial charge < -0.3 is 9.73 Å². The number of nitrogens with one attached hydrogen (secondary N) is 2. The second-order valence-electron chi connectivity index (χ2n) is 5.76. The number of aliphatic imine (C=N–C) groups is 1. The summed E-state index contributed by atoms with van der Waals surface area (Å²) in [6, 6.07) is 14.9. The highest BCUT2D eigenvalue weighted by atomic mass is 16.3. The van der Waals surface area contributed by atoms with Crippen LogP contribution in [0, 0.1) is 6.92 Å². The third kappa shape index (κ3) is 3.03. The zero-order valence-corrected chi connectivity index (χ0v) is 13.6. The number of aryl methyl sites for hydroxylation is 1. The molecular weight excluding hydrogens is 318 g/mol. The molecule has 0 fully saturated rings. The van der Waals surface area contributed by atoms with E-state index < -0.39 is 0 Å². The molecule has 25 heavy (non-hydrogen) atoms. The Hall–Kier alpha value is -3.35. The summed E-state index contributed by atoms with van der Waals surface area (Å²) in [6.07, 6.45) is 1.23. The van der Waals surface area contributed by atoms with Crippen molar-refractivity contribution in [1.82, 2.24) is 14.9 Å². The predicted molar refractivity (Wildman–Crippen MR) is 94.4 cm³/mol. The van der Waals surface area contributed by atoms with Gasteiger partial charge in [-0.25, -0.2) is 9.98 Å². The van der Waals surface area contributed by atoms with Crippen LogP contribution in [0.25, 0.3) is 0 Å². The number of benzene rings is 1. The lowest BCUT2D eigenvalue weighted by Gasteiger charge is -2.30. The van der Waals surface area contributed by atoms with Crippen molar-refractivity contribution in [2.45, 2.75) is 19.6 Å². The summed E-state index contributed by atoms with van der Waals surface area (Å²) in [6.45, 7) is 2.18. The van der Waals surface area contributed by atoms with Crippen LogP contribution in [0.15, 0.2) is 69.0 Å². The Morgan fingerprint density at radius 2 is 2.08 bits per heavy atom. The molecule has 1 unspecified atom stereocenters. The van der Waals surface area contributed by atoms with Crippen molar-refractivity contribution in [3.05, 3.63) is 82.2 Å². The average Bonchev–Trinajstić information content (AvgIpc) is 3.13. The topological polar surface area (TPSA) is 84.5 Å². The average molecular weight is 335 g/mol. The maximum atomic E-state index is 12.5. The van der Waals surface area contributed by atoms with Gasteiger partial charge in [0.25, 0.3) is 5.56 Å². The molecule has 0 radical (unpaired) electrons. The minimum Gasteiger partial charge on any atom is -0.467 e. The Morgan fingerprint density at radius 1 is 1.24 bits per heavy atom. The SMILES string of the molecule is Cc1cc(=O)n2c(n1)NC(=NCc1ccco1)NC2c1ccccc1. The molecule has 0 amide bonds. The smallest absolute Gasteiger partial charge is 0.257 e. The van der Waals surface area contributed by atoms with E-state index in [4.69, 9.17) is 4.42 Å². The van der Waals surface area contributed by atoms with Gasteiger partial charge in [-0.05, 0) is 24.6 Å². The van der Waals surface area contributed by atoms with Gasteiger partial charge in [0.05, 0.1) is 6.26 Å². The van der Waals surface area contributed by atoms with Crippen molar-refractivity contribution in [3.63, 3.8) is 0 Å². The van der Waals surface area contributed by atoms with E-state index in [0.717, 1.165) is 11.3 Å². The molecule has 1 aliphatic rings. The molecule has 126 valence electrons. The number of hydrogen-bond donors (Lipinski definition) is 2. The molecule has 0 aliphatic carbocycles. The van der Waals surface area contributed by atoms with Gasteiger partial charge in [-0.1, -0.05) is 30.3 Å². The van der Waals surface area contributed by atoms with Gasteiger partial charge in [-0.3, -0.25) is 14.7 Å². The number of aromatic nitrogens is 2. The normalized spacial score (nSPS) is 17.6. The first-order valence-corrected chi connectivity index (χ1v) is 7.96. The summed E-state index contributed by atoms with van der Waals surface area (Å²) in [5, 5.41) is 6.36. The lowest BCUT2D eigenvalue weighted by atomic mass is 10.1. The van der Waals surface area contributed by atoms with E-state index in [9.17, 15) is 4.79 Å². The van der Waals surface area contributed by atoms with Gasteiger partial charge in [0.1, 0.15) is 18.5 Å². The molecule has 2 aromatic heterocycles. The first kappa shape index (κ1) is 15.2. The number of fused-ring (bicyclic) bond motifs is 1. The Morgan fingerprint density at radius 3 is 2.84 bits per heavy atom. The van der Waals surface area contributed by atoms with Crippen molar-refractivity contribution in [3.8, 4) is 0 Å². The maximum Gasteiger partial charge on any atom is 0.257 e. The molecule has 0 saturated heterocycles. The van der Waals surface area contributed by atoms with Gasteiger partial charge in [-0.2, -0.15) is 0 Å². The predicted octanol–water partition coefficient (Wildman–Crippen LogP) is 2.26. The van der Waals surface area contributed by atoms with Crippen molar-refractivity contribution in [2.75, 3.05) is 5.32 Å². The quantitative estimate of drug-likeness (QED) is 0.767. The van der Waals surface area contributed by atoms with E-state index in [1.807, 2.05) is 42.5 Å². The maximum absolute atomic E-state index is 12.5. The van der Waals surface area contributed by atoms with Crippen LogP contribution in [-0.4, -0.2) is 15.5 Å². The van der Waals surface area contributed by atoms with Crippen LogP contribution in [0.4, 0.5) is 5.95 Å². The van der Waals surface area contributed by atoms with Crippen molar-refractivity contribution in [1.29, 1.82) is 0 Å². The van der Waals surface area contributed by atoms with Gasteiger partial charge >= 0.3 is 0 Å². The van der Waals surface area contributed by atoms with Crippen molar-refractivity contribution >= 4 is 11.9 Å². The second-order valence-corrected chi connectivity index (χ2v) is 5.76. The van der Waals surface area contributed by atoms with Crippen LogP contribution in [-0.2, 0) is 6.54 Å². The molecule has 2 N–H and O–H groups in total. The Labute approximate surface area is 144 Å². The molecule has 1 aromatic carbocycles. The van der Waals surface area contributed by atoms with Crippen LogP contribution < -0.4 is 16.2 Å². The van der Waals surface area contributed by atoms with E-state index in [0.29, 0.717) is 24.1 Å². The van der Waals surface area contributed by atoms with Crippen molar-refractivity contribution < 1.29 is 4.42 Å². The highest BCUT2D eigenvalue weighted by molar-refractivity contribution is 5.93. The first-order chi connectivity index (χ1) is 12.2. The Kier molecular flexibility index (Phi) is 3.81. The molecule has 0 bridgehead atoms. The Balaban J connectivity index is 1.75. The molecule has 7 nitrogen and oxygen atoms in total. The zero-order chi connectivity index (χ0) is 17.2. The van der Waals surface area contributed by atoms with Gasteiger partial charge in [0.15, 0.2) is 5.96 Å². The third-order valence-electron chi connectivity index (χ3n) is 3.93. The Bertz CT molecular complexity index is 961. The van der Waals surface area contributed by atoms with Crippen LogP contribution in [0.1, 0.15) is 23.2 Å². The van der Waals surface area contributed by atoms with Crippen LogP contribution >= 0.6 is 0 Å². The third-order valence-corrected chi connectivity index (χ3v) is 3.93. The summed E-state index contributed by atoms with van der Waals surface area (Å²) in [5.41, 5.74) is 1.48. The fourth-order valence-electron chi connectivity index (χ4n) is 2.79.